The molecule has 0 bridgehead atoms. The average molecular weight is 271 g/mol. The summed E-state index contributed by atoms with van der Waals surface area (Å²) in [5, 5.41) is 0.495. The molecule has 0 amide bonds. The molecule has 1 aliphatic carbocycles. The standard InChI is InChI=1S/C15H20ClFO/c1-2-7-18-15-5-3-11(4-6-15)12-8-13(16)10-14(17)9-12/h8-11,15H,2-7H2,1H3/t11-,15-. The van der Waals surface area contributed by atoms with Gasteiger partial charge in [0.25, 0.3) is 0 Å². The highest BCUT2D eigenvalue weighted by Crippen LogP contribution is 2.35. The Hall–Kier alpha value is -0.600. The Labute approximate surface area is 113 Å². The van der Waals surface area contributed by atoms with E-state index in [0.29, 0.717) is 17.0 Å². The van der Waals surface area contributed by atoms with Crippen LogP contribution in [0, 0.1) is 5.82 Å². The van der Waals surface area contributed by atoms with E-state index in [9.17, 15) is 4.39 Å². The maximum Gasteiger partial charge on any atom is 0.124 e. The van der Waals surface area contributed by atoms with E-state index in [-0.39, 0.29) is 5.82 Å². The topological polar surface area (TPSA) is 9.23 Å². The van der Waals surface area contributed by atoms with Crippen LogP contribution < -0.4 is 0 Å². The van der Waals surface area contributed by atoms with Crippen LogP contribution in [0.25, 0.3) is 0 Å². The molecule has 0 N–H and O–H groups in total. The fraction of sp³-hybridized carbons (Fsp3) is 0.600. The lowest BCUT2D eigenvalue weighted by Crippen LogP contribution is -2.21. The number of halogens is 2. The van der Waals surface area contributed by atoms with Gasteiger partial charge >= 0.3 is 0 Å². The average Bonchev–Trinajstić information content (AvgIpc) is 2.36. The maximum atomic E-state index is 13.3. The predicted octanol–water partition coefficient (Wildman–Crippen LogP) is 4.93. The molecule has 0 aliphatic heterocycles. The molecular formula is C15H20ClFO. The van der Waals surface area contributed by atoms with Crippen molar-refractivity contribution < 1.29 is 9.13 Å². The van der Waals surface area contributed by atoms with Gasteiger partial charge in [0.1, 0.15) is 5.82 Å². The summed E-state index contributed by atoms with van der Waals surface area (Å²) in [5.74, 6) is 0.196. The molecule has 0 heterocycles. The molecule has 100 valence electrons. The molecule has 2 rings (SSSR count). The summed E-state index contributed by atoms with van der Waals surface area (Å²) >= 11 is 5.90. The van der Waals surface area contributed by atoms with Gasteiger partial charge in [-0.25, -0.2) is 4.39 Å². The number of benzene rings is 1. The van der Waals surface area contributed by atoms with Crippen molar-refractivity contribution in [1.82, 2.24) is 0 Å². The van der Waals surface area contributed by atoms with Crippen molar-refractivity contribution in [2.24, 2.45) is 0 Å². The summed E-state index contributed by atoms with van der Waals surface area (Å²) in [6.07, 6.45) is 5.73. The summed E-state index contributed by atoms with van der Waals surface area (Å²) in [6.45, 7) is 2.97. The van der Waals surface area contributed by atoms with Crippen LogP contribution in [0.15, 0.2) is 18.2 Å². The summed E-state index contributed by atoms with van der Waals surface area (Å²) < 4.78 is 19.1. The van der Waals surface area contributed by atoms with Crippen molar-refractivity contribution in [2.45, 2.75) is 51.0 Å². The van der Waals surface area contributed by atoms with Gasteiger partial charge in [-0.2, -0.15) is 0 Å². The van der Waals surface area contributed by atoms with E-state index < -0.39 is 0 Å². The molecule has 1 saturated carbocycles. The minimum Gasteiger partial charge on any atom is -0.378 e. The van der Waals surface area contributed by atoms with Crippen LogP contribution in [0.4, 0.5) is 4.39 Å². The van der Waals surface area contributed by atoms with Crippen LogP contribution >= 0.6 is 11.6 Å². The second-order valence-electron chi connectivity index (χ2n) is 5.05. The van der Waals surface area contributed by atoms with Crippen LogP contribution in [-0.4, -0.2) is 12.7 Å². The molecule has 0 atom stereocenters. The van der Waals surface area contributed by atoms with Gasteiger partial charge in [-0.15, -0.1) is 0 Å². The number of hydrogen-bond acceptors (Lipinski definition) is 1. The number of hydrogen-bond donors (Lipinski definition) is 0. The molecule has 0 saturated heterocycles. The third-order valence-corrected chi connectivity index (χ3v) is 3.81. The first-order valence-electron chi connectivity index (χ1n) is 6.76. The van der Waals surface area contributed by atoms with Crippen molar-refractivity contribution >= 4 is 11.6 Å². The third kappa shape index (κ3) is 3.69. The highest BCUT2D eigenvalue weighted by atomic mass is 35.5. The summed E-state index contributed by atoms with van der Waals surface area (Å²) in [7, 11) is 0. The molecule has 18 heavy (non-hydrogen) atoms. The zero-order chi connectivity index (χ0) is 13.0. The zero-order valence-corrected chi connectivity index (χ0v) is 11.5. The van der Waals surface area contributed by atoms with E-state index in [1.54, 1.807) is 6.07 Å². The third-order valence-electron chi connectivity index (χ3n) is 3.59. The molecule has 1 aromatic carbocycles. The van der Waals surface area contributed by atoms with Gasteiger partial charge in [-0.05, 0) is 61.8 Å². The summed E-state index contributed by atoms with van der Waals surface area (Å²) in [6, 6.07) is 4.87. The smallest absolute Gasteiger partial charge is 0.124 e. The molecule has 0 unspecified atom stereocenters. The van der Waals surface area contributed by atoms with Gasteiger partial charge in [0, 0.05) is 11.6 Å². The fourth-order valence-electron chi connectivity index (χ4n) is 2.66. The number of ether oxygens (including phenoxy) is 1. The first-order valence-corrected chi connectivity index (χ1v) is 7.14. The molecule has 1 aliphatic rings. The lowest BCUT2D eigenvalue weighted by Gasteiger charge is -2.28. The largest absolute Gasteiger partial charge is 0.378 e. The van der Waals surface area contributed by atoms with Crippen LogP contribution in [-0.2, 0) is 4.74 Å². The van der Waals surface area contributed by atoms with Gasteiger partial charge < -0.3 is 4.74 Å². The van der Waals surface area contributed by atoms with E-state index in [2.05, 4.69) is 6.92 Å². The van der Waals surface area contributed by atoms with Gasteiger partial charge in [0.2, 0.25) is 0 Å². The second kappa shape index (κ2) is 6.53. The van der Waals surface area contributed by atoms with Crippen molar-refractivity contribution in [3.05, 3.63) is 34.6 Å². The minimum absolute atomic E-state index is 0.234. The van der Waals surface area contributed by atoms with Crippen molar-refractivity contribution in [3.8, 4) is 0 Å². The van der Waals surface area contributed by atoms with E-state index in [1.165, 1.54) is 6.07 Å². The Morgan fingerprint density at radius 2 is 1.94 bits per heavy atom. The quantitative estimate of drug-likeness (QED) is 0.754. The predicted molar refractivity (Wildman–Crippen MR) is 72.7 cm³/mol. The fourth-order valence-corrected chi connectivity index (χ4v) is 2.89. The Morgan fingerprint density at radius 1 is 1.22 bits per heavy atom. The van der Waals surface area contributed by atoms with Crippen LogP contribution in [0.5, 0.6) is 0 Å². The van der Waals surface area contributed by atoms with E-state index in [1.807, 2.05) is 6.07 Å². The van der Waals surface area contributed by atoms with E-state index in [0.717, 1.165) is 44.3 Å². The lowest BCUT2D eigenvalue weighted by molar-refractivity contribution is 0.0251. The van der Waals surface area contributed by atoms with Gasteiger partial charge in [-0.3, -0.25) is 0 Å². The molecule has 0 aromatic heterocycles. The molecular weight excluding hydrogens is 251 g/mol. The molecule has 3 heteroatoms. The number of rotatable bonds is 4. The monoisotopic (exact) mass is 270 g/mol. The van der Waals surface area contributed by atoms with Gasteiger partial charge in [-0.1, -0.05) is 18.5 Å². The van der Waals surface area contributed by atoms with Crippen molar-refractivity contribution in [3.63, 3.8) is 0 Å². The molecule has 1 nitrogen and oxygen atoms in total. The molecule has 1 aromatic rings. The second-order valence-corrected chi connectivity index (χ2v) is 5.48. The van der Waals surface area contributed by atoms with Crippen molar-refractivity contribution in [2.75, 3.05) is 6.61 Å². The summed E-state index contributed by atoms with van der Waals surface area (Å²) in [4.78, 5) is 0. The lowest BCUT2D eigenvalue weighted by atomic mass is 9.83. The normalized spacial score (nSPS) is 24.2. The first kappa shape index (κ1) is 13.8. The van der Waals surface area contributed by atoms with Crippen molar-refractivity contribution in [1.29, 1.82) is 0 Å². The first-order chi connectivity index (χ1) is 8.69. The van der Waals surface area contributed by atoms with Crippen LogP contribution in [0.1, 0.15) is 50.5 Å². The molecule has 0 radical (unpaired) electrons. The Balaban J connectivity index is 1.92. The molecule has 0 spiro atoms. The van der Waals surface area contributed by atoms with Gasteiger partial charge in [0.15, 0.2) is 0 Å². The highest BCUT2D eigenvalue weighted by Gasteiger charge is 2.23. The zero-order valence-electron chi connectivity index (χ0n) is 10.8. The van der Waals surface area contributed by atoms with E-state index >= 15 is 0 Å². The van der Waals surface area contributed by atoms with Crippen LogP contribution in [0.3, 0.4) is 0 Å². The maximum absolute atomic E-state index is 13.3. The molecule has 1 fully saturated rings. The highest BCUT2D eigenvalue weighted by molar-refractivity contribution is 6.30. The van der Waals surface area contributed by atoms with Crippen LogP contribution in [0.2, 0.25) is 5.02 Å². The Kier molecular flexibility index (Phi) is 5.02. The van der Waals surface area contributed by atoms with E-state index in [4.69, 9.17) is 16.3 Å². The minimum atomic E-state index is -0.234. The SMILES string of the molecule is CCCO[C@H]1CC[C@H](c2cc(F)cc(Cl)c2)CC1. The van der Waals surface area contributed by atoms with Gasteiger partial charge in [0.05, 0.1) is 6.10 Å². The Bertz CT molecular complexity index is 366. The summed E-state index contributed by atoms with van der Waals surface area (Å²) in [5.41, 5.74) is 1.04. The Morgan fingerprint density at radius 3 is 2.56 bits per heavy atom.